The number of para-hydroxylation sites is 1. The lowest BCUT2D eigenvalue weighted by Gasteiger charge is -2.34. The molecule has 2 heterocycles. The van der Waals surface area contributed by atoms with E-state index >= 15 is 0 Å². The van der Waals surface area contributed by atoms with Gasteiger partial charge in [-0.3, -0.25) is 14.4 Å². The van der Waals surface area contributed by atoms with Gasteiger partial charge in [0.05, 0.1) is 0 Å². The minimum atomic E-state index is -0.526. The second-order valence-corrected chi connectivity index (χ2v) is 7.31. The second-order valence-electron chi connectivity index (χ2n) is 7.31. The van der Waals surface area contributed by atoms with Gasteiger partial charge in [0.25, 0.3) is 11.8 Å². The van der Waals surface area contributed by atoms with Crippen LogP contribution in [0, 0.1) is 12.7 Å². The van der Waals surface area contributed by atoms with Gasteiger partial charge in [0, 0.05) is 43.5 Å². The summed E-state index contributed by atoms with van der Waals surface area (Å²) < 4.78 is 15.5. The number of piperazine rings is 1. The summed E-state index contributed by atoms with van der Waals surface area (Å²) in [5, 5.41) is 4.17. The molecule has 1 aromatic heterocycles. The van der Waals surface area contributed by atoms with Crippen LogP contribution in [0.5, 0.6) is 0 Å². The fourth-order valence-electron chi connectivity index (χ4n) is 3.59. The number of rotatable bonds is 3. The smallest absolute Gasteiger partial charge is 0.278 e. The lowest BCUT2D eigenvalue weighted by atomic mass is 10.2. The Morgan fingerprint density at radius 2 is 1.45 bits per heavy atom. The molecule has 7 nitrogen and oxygen atoms in total. The van der Waals surface area contributed by atoms with Crippen molar-refractivity contribution in [1.82, 2.24) is 19.6 Å². The summed E-state index contributed by atoms with van der Waals surface area (Å²) in [6.07, 6.45) is 0. The van der Waals surface area contributed by atoms with E-state index in [1.54, 1.807) is 48.2 Å². The summed E-state index contributed by atoms with van der Waals surface area (Å²) in [6, 6.07) is 16.3. The lowest BCUT2D eigenvalue weighted by molar-refractivity contribution is 0.0530. The number of carbonyl (C=O) groups excluding carboxylic acids is 2. The van der Waals surface area contributed by atoms with Crippen molar-refractivity contribution in [3.8, 4) is 5.69 Å². The topological polar surface area (TPSA) is 75.5 Å². The predicted octanol–water partition coefficient (Wildman–Crippen LogP) is 2.28. The van der Waals surface area contributed by atoms with Gasteiger partial charge in [-0.25, -0.2) is 9.07 Å². The van der Waals surface area contributed by atoms with E-state index < -0.39 is 17.2 Å². The molecular weight excluding hydrogens is 399 g/mol. The summed E-state index contributed by atoms with van der Waals surface area (Å²) in [4.78, 5) is 41.2. The summed E-state index contributed by atoms with van der Waals surface area (Å²) in [5.74, 6) is -1.13. The van der Waals surface area contributed by atoms with Crippen LogP contribution in [0.25, 0.3) is 5.69 Å². The summed E-state index contributed by atoms with van der Waals surface area (Å²) in [5.41, 5.74) is 0.391. The monoisotopic (exact) mass is 420 g/mol. The van der Waals surface area contributed by atoms with Crippen molar-refractivity contribution in [1.29, 1.82) is 0 Å². The van der Waals surface area contributed by atoms with Gasteiger partial charge in [-0.2, -0.15) is 5.10 Å². The number of aryl methyl sites for hydroxylation is 1. The first-order valence-corrected chi connectivity index (χ1v) is 9.95. The Morgan fingerprint density at radius 3 is 2.10 bits per heavy atom. The predicted molar refractivity (Wildman–Crippen MR) is 113 cm³/mol. The average molecular weight is 420 g/mol. The minimum absolute atomic E-state index is 0.0944. The first-order valence-electron chi connectivity index (χ1n) is 9.95. The number of nitrogens with zero attached hydrogens (tertiary/aromatic N) is 4. The summed E-state index contributed by atoms with van der Waals surface area (Å²) in [6.45, 7) is 2.90. The average Bonchev–Trinajstić information content (AvgIpc) is 2.80. The molecular formula is C23H21FN4O3. The standard InChI is InChI=1S/C23H21FN4O3/c1-16-15-20(29)21(25-28(16)19-10-6-5-9-18(19)24)23(31)27-13-11-26(12-14-27)22(30)17-7-3-2-4-8-17/h2-10,15H,11-14H2,1H3. The zero-order chi connectivity index (χ0) is 22.0. The fourth-order valence-corrected chi connectivity index (χ4v) is 3.59. The van der Waals surface area contributed by atoms with Crippen molar-refractivity contribution in [3.63, 3.8) is 0 Å². The first kappa shape index (κ1) is 20.5. The maximum Gasteiger partial charge on any atom is 0.278 e. The molecule has 2 amide bonds. The number of hydrogen-bond donors (Lipinski definition) is 0. The van der Waals surface area contributed by atoms with Gasteiger partial charge >= 0.3 is 0 Å². The molecule has 1 aliphatic heterocycles. The molecule has 0 spiro atoms. The third kappa shape index (κ3) is 4.09. The van der Waals surface area contributed by atoms with Crippen LogP contribution in [-0.4, -0.2) is 57.6 Å². The van der Waals surface area contributed by atoms with E-state index in [2.05, 4.69) is 5.10 Å². The van der Waals surface area contributed by atoms with Crippen molar-refractivity contribution in [2.45, 2.75) is 6.92 Å². The van der Waals surface area contributed by atoms with E-state index in [0.717, 1.165) is 0 Å². The van der Waals surface area contributed by atoms with E-state index in [9.17, 15) is 18.8 Å². The molecule has 0 aliphatic carbocycles. The van der Waals surface area contributed by atoms with Gasteiger partial charge in [0.1, 0.15) is 11.5 Å². The molecule has 0 bridgehead atoms. The first-order chi connectivity index (χ1) is 15.0. The van der Waals surface area contributed by atoms with Gasteiger partial charge in [-0.15, -0.1) is 0 Å². The van der Waals surface area contributed by atoms with Crippen LogP contribution in [0.3, 0.4) is 0 Å². The quantitative estimate of drug-likeness (QED) is 0.652. The molecule has 1 fully saturated rings. The molecule has 31 heavy (non-hydrogen) atoms. The van der Waals surface area contributed by atoms with Gasteiger partial charge in [0.2, 0.25) is 5.43 Å². The Bertz CT molecular complexity index is 1180. The zero-order valence-corrected chi connectivity index (χ0v) is 17.0. The molecule has 0 atom stereocenters. The van der Waals surface area contributed by atoms with E-state index in [0.29, 0.717) is 24.3 Å². The van der Waals surface area contributed by atoms with E-state index in [-0.39, 0.29) is 30.4 Å². The normalized spacial score (nSPS) is 13.9. The molecule has 2 aromatic carbocycles. The molecule has 8 heteroatoms. The molecule has 0 radical (unpaired) electrons. The third-order valence-electron chi connectivity index (χ3n) is 5.27. The molecule has 0 unspecified atom stereocenters. The Balaban J connectivity index is 1.53. The van der Waals surface area contributed by atoms with E-state index in [1.165, 1.54) is 27.8 Å². The van der Waals surface area contributed by atoms with Crippen LogP contribution in [0.2, 0.25) is 0 Å². The van der Waals surface area contributed by atoms with Crippen molar-refractivity contribution in [2.75, 3.05) is 26.2 Å². The maximum atomic E-state index is 14.2. The molecule has 158 valence electrons. The Morgan fingerprint density at radius 1 is 0.871 bits per heavy atom. The number of aromatic nitrogens is 2. The van der Waals surface area contributed by atoms with Crippen molar-refractivity contribution < 1.29 is 14.0 Å². The van der Waals surface area contributed by atoms with E-state index in [4.69, 9.17) is 0 Å². The van der Waals surface area contributed by atoms with Crippen molar-refractivity contribution in [3.05, 3.63) is 93.7 Å². The number of amides is 2. The lowest BCUT2D eigenvalue weighted by Crippen LogP contribution is -2.51. The molecule has 1 saturated heterocycles. The van der Waals surface area contributed by atoms with Crippen LogP contribution < -0.4 is 5.43 Å². The second kappa shape index (κ2) is 8.51. The zero-order valence-electron chi connectivity index (χ0n) is 17.0. The number of hydrogen-bond acceptors (Lipinski definition) is 4. The Labute approximate surface area is 178 Å². The fraction of sp³-hybridized carbons (Fsp3) is 0.217. The summed E-state index contributed by atoms with van der Waals surface area (Å²) >= 11 is 0. The highest BCUT2D eigenvalue weighted by Gasteiger charge is 2.28. The molecule has 3 aromatic rings. The van der Waals surface area contributed by atoms with Crippen LogP contribution in [0.1, 0.15) is 26.5 Å². The van der Waals surface area contributed by atoms with Crippen molar-refractivity contribution >= 4 is 11.8 Å². The number of benzene rings is 2. The minimum Gasteiger partial charge on any atom is -0.335 e. The van der Waals surface area contributed by atoms with Crippen LogP contribution in [-0.2, 0) is 0 Å². The SMILES string of the molecule is Cc1cc(=O)c(C(=O)N2CCN(C(=O)c3ccccc3)CC2)nn1-c1ccccc1F. The molecule has 0 saturated carbocycles. The number of halogens is 1. The Kier molecular flexibility index (Phi) is 5.62. The van der Waals surface area contributed by atoms with Gasteiger partial charge in [0.15, 0.2) is 5.69 Å². The highest BCUT2D eigenvalue weighted by atomic mass is 19.1. The van der Waals surface area contributed by atoms with Crippen LogP contribution in [0.4, 0.5) is 4.39 Å². The largest absolute Gasteiger partial charge is 0.335 e. The van der Waals surface area contributed by atoms with Gasteiger partial charge in [-0.05, 0) is 31.2 Å². The van der Waals surface area contributed by atoms with E-state index in [1.807, 2.05) is 6.07 Å². The highest BCUT2D eigenvalue weighted by Crippen LogP contribution is 2.14. The molecule has 1 aliphatic rings. The van der Waals surface area contributed by atoms with Crippen molar-refractivity contribution in [2.24, 2.45) is 0 Å². The third-order valence-corrected chi connectivity index (χ3v) is 5.27. The number of carbonyl (C=O) groups is 2. The highest BCUT2D eigenvalue weighted by molar-refractivity contribution is 5.95. The van der Waals surface area contributed by atoms with Crippen LogP contribution >= 0.6 is 0 Å². The Hall–Kier alpha value is -3.81. The van der Waals surface area contributed by atoms with Gasteiger partial charge < -0.3 is 9.80 Å². The summed E-state index contributed by atoms with van der Waals surface area (Å²) in [7, 11) is 0. The van der Waals surface area contributed by atoms with Gasteiger partial charge in [-0.1, -0.05) is 30.3 Å². The maximum absolute atomic E-state index is 14.2. The molecule has 0 N–H and O–H groups in total. The molecule has 4 rings (SSSR count). The van der Waals surface area contributed by atoms with Crippen LogP contribution in [0.15, 0.2) is 65.5 Å².